The molecule has 8 N–H and O–H groups in total. The van der Waals surface area contributed by atoms with E-state index in [0.717, 1.165) is 141 Å². The number of carbonyl (C=O) groups is 3. The Balaban J connectivity index is -0.000000799. The van der Waals surface area contributed by atoms with E-state index in [0.29, 0.717) is 45.3 Å². The quantitative estimate of drug-likeness (QED) is 0.0214. The topological polar surface area (TPSA) is 213 Å². The molecule has 0 fully saturated rings. The molecule has 0 bridgehead atoms. The highest BCUT2D eigenvalue weighted by atomic mass is 16.4. The fourth-order valence-corrected chi connectivity index (χ4v) is 6.43. The van der Waals surface area contributed by atoms with Gasteiger partial charge in [0.2, 0.25) is 0 Å². The molecule has 0 spiro atoms. The first kappa shape index (κ1) is 61.0. The second-order valence-corrected chi connectivity index (χ2v) is 16.0. The van der Waals surface area contributed by atoms with Gasteiger partial charge in [-0.1, -0.05) is 133 Å². The number of carboxylic acids is 3. The predicted octanol–water partition coefficient (Wildman–Crippen LogP) is 11.1. The van der Waals surface area contributed by atoms with E-state index in [2.05, 4.69) is 24.3 Å². The summed E-state index contributed by atoms with van der Waals surface area (Å²) in [6.45, 7) is 0.863. The molecule has 0 radical (unpaired) electrons. The monoisotopic (exact) mass is 845 g/mol. The number of unbranched alkanes of at least 4 members (excludes halogenated alkanes) is 25. The maximum atomic E-state index is 10.3. The summed E-state index contributed by atoms with van der Waals surface area (Å²) in [5.74, 6) is -2.10. The van der Waals surface area contributed by atoms with Crippen molar-refractivity contribution in [2.45, 2.75) is 243 Å². The highest BCUT2D eigenvalue weighted by Gasteiger charge is 2.15. The smallest absolute Gasteiger partial charge is 0.303 e. The Hall–Kier alpha value is -2.31. The van der Waals surface area contributed by atoms with Gasteiger partial charge in [0.1, 0.15) is 0 Å². The van der Waals surface area contributed by atoms with Crippen molar-refractivity contribution in [3.05, 3.63) is 24.3 Å². The van der Waals surface area contributed by atoms with Crippen LogP contribution in [0.2, 0.25) is 0 Å². The molecule has 59 heavy (non-hydrogen) atoms. The van der Waals surface area contributed by atoms with Crippen LogP contribution in [0.1, 0.15) is 231 Å². The van der Waals surface area contributed by atoms with Crippen LogP contribution in [-0.2, 0) is 14.4 Å². The Morgan fingerprint density at radius 3 is 0.746 bits per heavy atom. The van der Waals surface area contributed by atoms with Crippen LogP contribution in [0.4, 0.5) is 0 Å². The molecule has 0 rings (SSSR count). The number of aliphatic hydroxyl groups excluding tert-OH is 5. The Kier molecular flexibility index (Phi) is 55.5. The molecule has 0 saturated heterocycles. The third kappa shape index (κ3) is 62.5. The Morgan fingerprint density at radius 1 is 0.305 bits per heavy atom. The number of rotatable bonds is 43. The number of carboxylic acid groups (broad SMARTS) is 3. The summed E-state index contributed by atoms with van der Waals surface area (Å²) in [5, 5.41) is 71.0. The first-order valence-corrected chi connectivity index (χ1v) is 23.8. The van der Waals surface area contributed by atoms with Crippen LogP contribution in [0.15, 0.2) is 24.3 Å². The van der Waals surface area contributed by atoms with Crippen LogP contribution in [0, 0.1) is 0 Å². The second-order valence-electron chi connectivity index (χ2n) is 16.0. The number of aliphatic hydroxyl groups is 5. The zero-order valence-corrected chi connectivity index (χ0v) is 37.3. The van der Waals surface area contributed by atoms with Crippen molar-refractivity contribution in [1.29, 1.82) is 0 Å². The standard InChI is InChI=1S/C16H32O5.2C16H30O3/c17-13-9-5-4-7-11-15(19)14(18)10-6-2-1-3-8-12-16(20)21;2*17-15-13-11-9-7-5-3-1-2-4-6-8-10-12-14-16(18)19/h14-15,17-19H,1-13H2,(H,20,21);2*1,3,17H,2,4-15H2,(H,18,19)/b;3-1+;3-1-. The van der Waals surface area contributed by atoms with E-state index in [-0.39, 0.29) is 13.0 Å². The van der Waals surface area contributed by atoms with Crippen LogP contribution in [0.25, 0.3) is 0 Å². The Morgan fingerprint density at radius 2 is 0.508 bits per heavy atom. The Labute approximate surface area is 359 Å². The molecule has 0 saturated carbocycles. The molecule has 0 aliphatic rings. The van der Waals surface area contributed by atoms with Crippen LogP contribution >= 0.6 is 0 Å². The second kappa shape index (κ2) is 53.7. The molecule has 0 aromatic rings. The molecule has 2 unspecified atom stereocenters. The summed E-state index contributed by atoms with van der Waals surface area (Å²) in [5.41, 5.74) is 0. The van der Waals surface area contributed by atoms with Crippen molar-refractivity contribution in [3.8, 4) is 0 Å². The third-order valence-electron chi connectivity index (χ3n) is 10.2. The van der Waals surface area contributed by atoms with Crippen molar-refractivity contribution in [2.75, 3.05) is 19.8 Å². The molecule has 11 heteroatoms. The number of hydrogen-bond acceptors (Lipinski definition) is 8. The van der Waals surface area contributed by atoms with Gasteiger partial charge in [0.05, 0.1) is 12.2 Å². The summed E-state index contributed by atoms with van der Waals surface area (Å²) < 4.78 is 0. The zero-order chi connectivity index (χ0) is 44.3. The largest absolute Gasteiger partial charge is 0.481 e. The van der Waals surface area contributed by atoms with Crippen molar-refractivity contribution in [2.24, 2.45) is 0 Å². The van der Waals surface area contributed by atoms with Crippen LogP contribution in [0.5, 0.6) is 0 Å². The number of hydrogen-bond donors (Lipinski definition) is 8. The zero-order valence-electron chi connectivity index (χ0n) is 37.3. The SMILES string of the molecule is O=C(O)CCCCCCC/C=C/CCCCCCO.O=C(O)CCCCCCC/C=C\CCCCCCO.O=C(O)CCCCCCCC(O)C(O)CCCCCCO. The van der Waals surface area contributed by atoms with Crippen molar-refractivity contribution < 1.29 is 55.2 Å². The van der Waals surface area contributed by atoms with Crippen LogP contribution in [0.3, 0.4) is 0 Å². The molecule has 0 aliphatic carbocycles. The van der Waals surface area contributed by atoms with Gasteiger partial charge in [-0.05, 0) is 103 Å². The molecule has 0 aliphatic heterocycles. The number of allylic oxidation sites excluding steroid dienone is 4. The van der Waals surface area contributed by atoms with Gasteiger partial charge >= 0.3 is 17.9 Å². The van der Waals surface area contributed by atoms with Crippen LogP contribution < -0.4 is 0 Å². The van der Waals surface area contributed by atoms with Gasteiger partial charge in [0.25, 0.3) is 0 Å². The van der Waals surface area contributed by atoms with Gasteiger partial charge in [-0.3, -0.25) is 14.4 Å². The molecule has 2 atom stereocenters. The van der Waals surface area contributed by atoms with Crippen molar-refractivity contribution in [1.82, 2.24) is 0 Å². The molecular weight excluding hydrogens is 753 g/mol. The van der Waals surface area contributed by atoms with Gasteiger partial charge < -0.3 is 40.9 Å². The third-order valence-corrected chi connectivity index (χ3v) is 10.2. The van der Waals surface area contributed by atoms with E-state index in [1.165, 1.54) is 51.4 Å². The summed E-state index contributed by atoms with van der Waals surface area (Å²) in [4.78, 5) is 30.9. The maximum Gasteiger partial charge on any atom is 0.303 e. The lowest BCUT2D eigenvalue weighted by molar-refractivity contribution is -0.138. The minimum Gasteiger partial charge on any atom is -0.481 e. The van der Waals surface area contributed by atoms with E-state index < -0.39 is 30.1 Å². The number of aliphatic carboxylic acids is 3. The molecular formula is C48H92O11. The summed E-state index contributed by atoms with van der Waals surface area (Å²) in [7, 11) is 0. The van der Waals surface area contributed by atoms with E-state index in [9.17, 15) is 24.6 Å². The molecule has 0 heterocycles. The van der Waals surface area contributed by atoms with Crippen molar-refractivity contribution in [3.63, 3.8) is 0 Å². The lowest BCUT2D eigenvalue weighted by Crippen LogP contribution is -2.25. The van der Waals surface area contributed by atoms with E-state index >= 15 is 0 Å². The minimum absolute atomic E-state index is 0.220. The van der Waals surface area contributed by atoms with E-state index in [1.54, 1.807) is 0 Å². The average Bonchev–Trinajstić information content (AvgIpc) is 3.20. The predicted molar refractivity (Wildman–Crippen MR) is 241 cm³/mol. The fraction of sp³-hybridized carbons (Fsp3) is 0.854. The van der Waals surface area contributed by atoms with E-state index in [4.69, 9.17) is 30.6 Å². The fourth-order valence-electron chi connectivity index (χ4n) is 6.43. The van der Waals surface area contributed by atoms with Gasteiger partial charge in [0, 0.05) is 39.1 Å². The lowest BCUT2D eigenvalue weighted by atomic mass is 10.00. The van der Waals surface area contributed by atoms with Gasteiger partial charge in [-0.15, -0.1) is 0 Å². The van der Waals surface area contributed by atoms with Crippen molar-refractivity contribution >= 4 is 17.9 Å². The maximum absolute atomic E-state index is 10.3. The van der Waals surface area contributed by atoms with Crippen LogP contribution in [-0.4, -0.2) is 90.8 Å². The first-order valence-electron chi connectivity index (χ1n) is 23.8. The highest BCUT2D eigenvalue weighted by Crippen LogP contribution is 2.15. The van der Waals surface area contributed by atoms with E-state index in [1.807, 2.05) is 0 Å². The highest BCUT2D eigenvalue weighted by molar-refractivity contribution is 5.67. The summed E-state index contributed by atoms with van der Waals surface area (Å²) in [6, 6.07) is 0. The molecule has 11 nitrogen and oxygen atoms in total. The van der Waals surface area contributed by atoms with Gasteiger partial charge in [-0.25, -0.2) is 0 Å². The van der Waals surface area contributed by atoms with Gasteiger partial charge in [-0.2, -0.15) is 0 Å². The van der Waals surface area contributed by atoms with Gasteiger partial charge in [0.15, 0.2) is 0 Å². The lowest BCUT2D eigenvalue weighted by Gasteiger charge is -2.17. The molecule has 0 amide bonds. The average molecular weight is 845 g/mol. The summed E-state index contributed by atoms with van der Waals surface area (Å²) in [6.07, 6.45) is 42.5. The molecule has 0 aromatic carbocycles. The molecule has 350 valence electrons. The normalized spacial score (nSPS) is 12.2. The molecule has 0 aromatic heterocycles. The Bertz CT molecular complexity index is 877. The minimum atomic E-state index is -0.743. The first-order chi connectivity index (χ1) is 28.6. The summed E-state index contributed by atoms with van der Waals surface area (Å²) >= 11 is 0.